The Kier molecular flexibility index (Phi) is 3.07. The van der Waals surface area contributed by atoms with Crippen molar-refractivity contribution in [2.45, 2.75) is 3.92 Å². The van der Waals surface area contributed by atoms with Crippen molar-refractivity contribution < 1.29 is 4.74 Å². The molecule has 1 rings (SSSR count). The van der Waals surface area contributed by atoms with Gasteiger partial charge in [-0.1, -0.05) is 34.8 Å². The fourth-order valence-corrected chi connectivity index (χ4v) is 1.32. The molecule has 0 unspecified atom stereocenters. The van der Waals surface area contributed by atoms with Gasteiger partial charge < -0.3 is 4.74 Å². The first-order valence-corrected chi connectivity index (χ1v) is 4.13. The quantitative estimate of drug-likeness (QED) is 0.439. The summed E-state index contributed by atoms with van der Waals surface area (Å²) in [6.45, 7) is 2.68. The second-order valence-corrected chi connectivity index (χ2v) is 4.29. The highest BCUT2D eigenvalue weighted by Gasteiger charge is 2.30. The van der Waals surface area contributed by atoms with Crippen LogP contribution < -0.4 is 0 Å². The average molecular weight is 204 g/mol. The Balaban J connectivity index is 2.39. The molecule has 0 amide bonds. The molecule has 10 heavy (non-hydrogen) atoms. The molecule has 0 saturated carbocycles. The van der Waals surface area contributed by atoms with Crippen molar-refractivity contribution >= 4 is 34.8 Å². The zero-order valence-electron chi connectivity index (χ0n) is 5.32. The number of hydrogen-bond donors (Lipinski definition) is 0. The van der Waals surface area contributed by atoms with Crippen molar-refractivity contribution in [1.29, 1.82) is 0 Å². The van der Waals surface area contributed by atoms with Crippen LogP contribution in [0.25, 0.3) is 0 Å². The summed E-state index contributed by atoms with van der Waals surface area (Å²) in [5.41, 5.74) is 0. The summed E-state index contributed by atoms with van der Waals surface area (Å²) in [5.74, 6) is 0. The highest BCUT2D eigenvalue weighted by molar-refractivity contribution is 6.67. The molecule has 0 atom stereocenters. The molecule has 1 aliphatic heterocycles. The first kappa shape index (κ1) is 8.88. The largest absolute Gasteiger partial charge is 0.379 e. The third-order valence-corrected chi connectivity index (χ3v) is 2.09. The summed E-state index contributed by atoms with van der Waals surface area (Å²) >= 11 is 16.8. The van der Waals surface area contributed by atoms with E-state index < -0.39 is 3.92 Å². The van der Waals surface area contributed by atoms with E-state index in [1.165, 1.54) is 0 Å². The minimum Gasteiger partial charge on any atom is -0.379 e. The van der Waals surface area contributed by atoms with Crippen LogP contribution in [0.4, 0.5) is 0 Å². The Morgan fingerprint density at radius 2 is 1.60 bits per heavy atom. The summed E-state index contributed by atoms with van der Waals surface area (Å²) in [6, 6.07) is 0. The molecule has 1 saturated heterocycles. The minimum absolute atomic E-state index is 0.647. The van der Waals surface area contributed by atoms with Crippen LogP contribution in [-0.2, 0) is 4.74 Å². The van der Waals surface area contributed by atoms with Crippen molar-refractivity contribution in [2.24, 2.45) is 0 Å². The Morgan fingerprint density at radius 1 is 1.10 bits per heavy atom. The maximum absolute atomic E-state index is 5.61. The standard InChI is InChI=1S/C5H8Cl3NO/c6-5(7,8)9-1-3-10-4-2-9/h1-4H2. The first-order chi connectivity index (χ1) is 4.61. The monoisotopic (exact) mass is 203 g/mol. The van der Waals surface area contributed by atoms with Crippen molar-refractivity contribution in [3.63, 3.8) is 0 Å². The molecular weight excluding hydrogens is 196 g/mol. The zero-order valence-corrected chi connectivity index (χ0v) is 7.59. The minimum atomic E-state index is -1.26. The van der Waals surface area contributed by atoms with Gasteiger partial charge >= 0.3 is 0 Å². The lowest BCUT2D eigenvalue weighted by molar-refractivity contribution is 0.0362. The highest BCUT2D eigenvalue weighted by atomic mass is 35.6. The molecule has 0 N–H and O–H groups in total. The Labute approximate surface area is 75.0 Å². The molecule has 0 aliphatic carbocycles. The number of rotatable bonds is 0. The predicted molar refractivity (Wildman–Crippen MR) is 42.7 cm³/mol. The zero-order chi connectivity index (χ0) is 7.61. The predicted octanol–water partition coefficient (Wildman–Crippen LogP) is 1.65. The Morgan fingerprint density at radius 3 is 1.90 bits per heavy atom. The van der Waals surface area contributed by atoms with Gasteiger partial charge in [0.1, 0.15) is 0 Å². The van der Waals surface area contributed by atoms with Crippen molar-refractivity contribution in [3.8, 4) is 0 Å². The summed E-state index contributed by atoms with van der Waals surface area (Å²) < 4.78 is 3.82. The van der Waals surface area contributed by atoms with Crippen LogP contribution >= 0.6 is 34.8 Å². The average Bonchev–Trinajstić information content (AvgIpc) is 1.88. The lowest BCUT2D eigenvalue weighted by atomic mass is 10.5. The van der Waals surface area contributed by atoms with Gasteiger partial charge in [-0.3, -0.25) is 4.90 Å². The normalized spacial score (nSPS) is 23.1. The van der Waals surface area contributed by atoms with Crippen LogP contribution in [-0.4, -0.2) is 35.1 Å². The molecule has 0 aromatic carbocycles. The van der Waals surface area contributed by atoms with Crippen LogP contribution in [0.5, 0.6) is 0 Å². The van der Waals surface area contributed by atoms with E-state index in [-0.39, 0.29) is 0 Å². The van der Waals surface area contributed by atoms with Gasteiger partial charge in [-0.15, -0.1) is 0 Å². The smallest absolute Gasteiger partial charge is 0.247 e. The van der Waals surface area contributed by atoms with Gasteiger partial charge in [-0.05, 0) is 0 Å². The summed E-state index contributed by atoms with van der Waals surface area (Å²) in [6.07, 6.45) is 0. The number of halogens is 3. The number of morpholine rings is 1. The SMILES string of the molecule is ClC(Cl)(Cl)N1CCOCC1. The summed E-state index contributed by atoms with van der Waals surface area (Å²) in [4.78, 5) is 1.75. The van der Waals surface area contributed by atoms with Crippen LogP contribution in [0.15, 0.2) is 0 Å². The lowest BCUT2D eigenvalue weighted by Crippen LogP contribution is -2.43. The van der Waals surface area contributed by atoms with Gasteiger partial charge in [-0.2, -0.15) is 0 Å². The van der Waals surface area contributed by atoms with Gasteiger partial charge in [-0.25, -0.2) is 0 Å². The van der Waals surface area contributed by atoms with Crippen LogP contribution in [0, 0.1) is 0 Å². The van der Waals surface area contributed by atoms with Crippen molar-refractivity contribution in [2.75, 3.05) is 26.3 Å². The molecule has 2 nitrogen and oxygen atoms in total. The summed E-state index contributed by atoms with van der Waals surface area (Å²) in [7, 11) is 0. The van der Waals surface area contributed by atoms with E-state index in [4.69, 9.17) is 39.5 Å². The third kappa shape index (κ3) is 2.44. The van der Waals surface area contributed by atoms with E-state index in [1.807, 2.05) is 0 Å². The first-order valence-electron chi connectivity index (χ1n) is 3.00. The van der Waals surface area contributed by atoms with Gasteiger partial charge in [0.2, 0.25) is 3.92 Å². The number of ether oxygens (including phenoxy) is 1. The van der Waals surface area contributed by atoms with Crippen LogP contribution in [0.3, 0.4) is 0 Å². The number of nitrogens with zero attached hydrogens (tertiary/aromatic N) is 1. The third-order valence-electron chi connectivity index (χ3n) is 1.37. The topological polar surface area (TPSA) is 12.5 Å². The van der Waals surface area contributed by atoms with E-state index in [1.54, 1.807) is 4.90 Å². The highest BCUT2D eigenvalue weighted by Crippen LogP contribution is 2.30. The van der Waals surface area contributed by atoms with Crippen molar-refractivity contribution in [3.05, 3.63) is 0 Å². The Bertz CT molecular complexity index is 108. The van der Waals surface area contributed by atoms with E-state index in [2.05, 4.69) is 0 Å². The lowest BCUT2D eigenvalue weighted by Gasteiger charge is -2.32. The summed E-state index contributed by atoms with van der Waals surface area (Å²) in [5, 5.41) is 0. The number of alkyl halides is 3. The Hall–Kier alpha value is 0.790. The van der Waals surface area contributed by atoms with Gasteiger partial charge in [0.15, 0.2) is 0 Å². The molecule has 0 aromatic heterocycles. The van der Waals surface area contributed by atoms with E-state index in [0.29, 0.717) is 26.3 Å². The molecule has 5 heteroatoms. The van der Waals surface area contributed by atoms with E-state index in [9.17, 15) is 0 Å². The maximum atomic E-state index is 5.61. The van der Waals surface area contributed by atoms with Crippen molar-refractivity contribution in [1.82, 2.24) is 4.90 Å². The molecule has 0 radical (unpaired) electrons. The second-order valence-electron chi connectivity index (χ2n) is 2.07. The maximum Gasteiger partial charge on any atom is 0.247 e. The van der Waals surface area contributed by atoms with E-state index >= 15 is 0 Å². The molecule has 0 bridgehead atoms. The van der Waals surface area contributed by atoms with Crippen LogP contribution in [0.2, 0.25) is 0 Å². The number of hydrogen-bond acceptors (Lipinski definition) is 2. The van der Waals surface area contributed by atoms with Crippen LogP contribution in [0.1, 0.15) is 0 Å². The van der Waals surface area contributed by atoms with Gasteiger partial charge in [0.25, 0.3) is 0 Å². The molecule has 0 spiro atoms. The molecule has 1 heterocycles. The fourth-order valence-electron chi connectivity index (χ4n) is 0.817. The van der Waals surface area contributed by atoms with Gasteiger partial charge in [0.05, 0.1) is 13.2 Å². The molecule has 1 fully saturated rings. The van der Waals surface area contributed by atoms with Gasteiger partial charge in [0, 0.05) is 13.1 Å². The molecular formula is C5H8Cl3NO. The molecule has 1 aliphatic rings. The molecule has 0 aromatic rings. The second kappa shape index (κ2) is 3.46. The van der Waals surface area contributed by atoms with E-state index in [0.717, 1.165) is 0 Å². The fraction of sp³-hybridized carbons (Fsp3) is 1.00. The molecule has 60 valence electrons.